The first-order valence-electron chi connectivity index (χ1n) is 9.73. The van der Waals surface area contributed by atoms with Crippen molar-refractivity contribution in [3.8, 4) is 11.5 Å². The van der Waals surface area contributed by atoms with E-state index in [4.69, 9.17) is 4.74 Å². The lowest BCUT2D eigenvalue weighted by molar-refractivity contribution is 0.0739. The monoisotopic (exact) mass is 415 g/mol. The molecule has 3 aromatic heterocycles. The first kappa shape index (κ1) is 20.2. The fourth-order valence-electron chi connectivity index (χ4n) is 3.03. The molecule has 0 spiro atoms. The van der Waals surface area contributed by atoms with Crippen molar-refractivity contribution in [2.75, 3.05) is 5.32 Å². The number of nitrogens with one attached hydrogen (secondary N) is 1. The highest BCUT2D eigenvalue weighted by molar-refractivity contribution is 5.58. The predicted molar refractivity (Wildman–Crippen MR) is 107 cm³/mol. The van der Waals surface area contributed by atoms with Crippen molar-refractivity contribution in [2.45, 2.75) is 51.2 Å². The first-order chi connectivity index (χ1) is 14.3. The predicted octanol–water partition coefficient (Wildman–Crippen LogP) is 4.58. The van der Waals surface area contributed by atoms with Gasteiger partial charge >= 0.3 is 0 Å². The van der Waals surface area contributed by atoms with Crippen molar-refractivity contribution in [2.24, 2.45) is 0 Å². The van der Waals surface area contributed by atoms with E-state index < -0.39 is 18.6 Å². The highest BCUT2D eigenvalue weighted by atomic mass is 19.3. The van der Waals surface area contributed by atoms with Gasteiger partial charge in [0.15, 0.2) is 5.75 Å². The third-order valence-electron chi connectivity index (χ3n) is 4.66. The molecule has 0 atom stereocenters. The SMILES string of the molecule is CC(C)(O)c1cc(Nc2cc(Oc3cn(CC(F)F)nc3C3CC3)ccn2)ccn1. The van der Waals surface area contributed by atoms with Gasteiger partial charge in [-0.1, -0.05) is 0 Å². The minimum absolute atomic E-state index is 0.260. The van der Waals surface area contributed by atoms with Crippen LogP contribution in [0.5, 0.6) is 11.5 Å². The van der Waals surface area contributed by atoms with Crippen molar-refractivity contribution in [3.05, 3.63) is 54.2 Å². The zero-order chi connectivity index (χ0) is 21.3. The van der Waals surface area contributed by atoms with Crippen molar-refractivity contribution in [1.29, 1.82) is 0 Å². The van der Waals surface area contributed by atoms with Crippen LogP contribution in [0.25, 0.3) is 0 Å². The summed E-state index contributed by atoms with van der Waals surface area (Å²) in [4.78, 5) is 8.47. The second kappa shape index (κ2) is 7.98. The standard InChI is InChI=1S/C21H23F2N5O2/c1-21(2,29)17-9-14(5-7-24-17)26-19-10-15(6-8-25-19)30-16-11-28(12-18(22)23)27-20(16)13-3-4-13/h5-11,13,18,29H,3-4,12H2,1-2H3,(H,24,25,26). The van der Waals surface area contributed by atoms with Gasteiger partial charge in [-0.05, 0) is 44.9 Å². The van der Waals surface area contributed by atoms with Gasteiger partial charge in [-0.2, -0.15) is 5.10 Å². The number of hydrogen-bond donors (Lipinski definition) is 2. The Bertz CT molecular complexity index is 1030. The molecule has 2 N–H and O–H groups in total. The summed E-state index contributed by atoms with van der Waals surface area (Å²) in [5, 5.41) is 17.6. The maximum atomic E-state index is 12.7. The van der Waals surface area contributed by atoms with Crippen molar-refractivity contribution < 1.29 is 18.6 Å². The van der Waals surface area contributed by atoms with Gasteiger partial charge < -0.3 is 15.2 Å². The number of anilines is 2. The fraction of sp³-hybridized carbons (Fsp3) is 0.381. The van der Waals surface area contributed by atoms with E-state index in [2.05, 4.69) is 20.4 Å². The van der Waals surface area contributed by atoms with E-state index >= 15 is 0 Å². The highest BCUT2D eigenvalue weighted by Gasteiger charge is 2.31. The molecule has 3 aromatic rings. The second-order valence-corrected chi connectivity index (χ2v) is 7.86. The molecule has 0 bridgehead atoms. The second-order valence-electron chi connectivity index (χ2n) is 7.86. The number of aromatic nitrogens is 4. The van der Waals surface area contributed by atoms with Crippen LogP contribution in [0.2, 0.25) is 0 Å². The van der Waals surface area contributed by atoms with E-state index in [-0.39, 0.29) is 5.92 Å². The minimum atomic E-state index is -2.48. The van der Waals surface area contributed by atoms with Crippen LogP contribution in [0.15, 0.2) is 42.9 Å². The van der Waals surface area contributed by atoms with Crippen molar-refractivity contribution >= 4 is 11.5 Å². The molecule has 7 nitrogen and oxygen atoms in total. The third-order valence-corrected chi connectivity index (χ3v) is 4.66. The van der Waals surface area contributed by atoms with Crippen LogP contribution in [-0.2, 0) is 12.1 Å². The molecular formula is C21H23F2N5O2. The molecule has 3 heterocycles. The van der Waals surface area contributed by atoms with E-state index in [0.717, 1.165) is 18.5 Å². The summed E-state index contributed by atoms with van der Waals surface area (Å²) >= 11 is 0. The van der Waals surface area contributed by atoms with Gasteiger partial charge in [-0.25, -0.2) is 13.8 Å². The van der Waals surface area contributed by atoms with E-state index in [9.17, 15) is 13.9 Å². The van der Waals surface area contributed by atoms with Crippen LogP contribution in [0.3, 0.4) is 0 Å². The van der Waals surface area contributed by atoms with Gasteiger partial charge in [0.1, 0.15) is 29.4 Å². The van der Waals surface area contributed by atoms with Gasteiger partial charge in [0, 0.05) is 30.1 Å². The van der Waals surface area contributed by atoms with Gasteiger partial charge in [0.25, 0.3) is 6.43 Å². The number of ether oxygens (including phenoxy) is 1. The Balaban J connectivity index is 1.53. The molecule has 30 heavy (non-hydrogen) atoms. The van der Waals surface area contributed by atoms with Crippen LogP contribution in [-0.4, -0.2) is 31.3 Å². The fourth-order valence-corrected chi connectivity index (χ4v) is 3.03. The maximum absolute atomic E-state index is 12.7. The summed E-state index contributed by atoms with van der Waals surface area (Å²) in [6, 6.07) is 6.92. The van der Waals surface area contributed by atoms with Crippen LogP contribution < -0.4 is 10.1 Å². The van der Waals surface area contributed by atoms with Gasteiger partial charge in [0.2, 0.25) is 0 Å². The van der Waals surface area contributed by atoms with E-state index in [1.165, 1.54) is 10.9 Å². The van der Waals surface area contributed by atoms with Gasteiger partial charge in [-0.15, -0.1) is 0 Å². The third kappa shape index (κ3) is 4.91. The smallest absolute Gasteiger partial charge is 0.257 e. The number of hydrogen-bond acceptors (Lipinski definition) is 6. The molecule has 0 unspecified atom stereocenters. The largest absolute Gasteiger partial charge is 0.454 e. The number of pyridine rings is 2. The maximum Gasteiger partial charge on any atom is 0.257 e. The van der Waals surface area contributed by atoms with Crippen LogP contribution in [0.4, 0.5) is 20.3 Å². The number of halogens is 2. The molecular weight excluding hydrogens is 392 g/mol. The van der Waals surface area contributed by atoms with Crippen LogP contribution >= 0.6 is 0 Å². The molecule has 1 aliphatic rings. The summed E-state index contributed by atoms with van der Waals surface area (Å²) in [5.74, 6) is 1.80. The normalized spacial score (nSPS) is 14.2. The molecule has 9 heteroatoms. The summed E-state index contributed by atoms with van der Waals surface area (Å²) < 4.78 is 32.7. The Morgan fingerprint density at radius 3 is 2.70 bits per heavy atom. The summed E-state index contributed by atoms with van der Waals surface area (Å²) in [6.07, 6.45) is 4.21. The molecule has 4 rings (SSSR count). The average Bonchev–Trinajstić information content (AvgIpc) is 3.44. The lowest BCUT2D eigenvalue weighted by Gasteiger charge is -2.17. The summed E-state index contributed by atoms with van der Waals surface area (Å²) in [6.45, 7) is 2.87. The topological polar surface area (TPSA) is 85.1 Å². The Morgan fingerprint density at radius 1 is 1.23 bits per heavy atom. The molecule has 1 aliphatic carbocycles. The molecule has 0 aliphatic heterocycles. The first-order valence-corrected chi connectivity index (χ1v) is 9.73. The number of alkyl halides is 2. The van der Waals surface area contributed by atoms with E-state index in [1.807, 2.05) is 0 Å². The molecule has 1 fully saturated rings. The van der Waals surface area contributed by atoms with Gasteiger partial charge in [0.05, 0.1) is 11.9 Å². The van der Waals surface area contributed by atoms with Crippen LogP contribution in [0.1, 0.15) is 44.0 Å². The number of nitrogens with zero attached hydrogens (tertiary/aromatic N) is 4. The Morgan fingerprint density at radius 2 is 2.00 bits per heavy atom. The van der Waals surface area contributed by atoms with E-state index in [0.29, 0.717) is 28.7 Å². The Labute approximate surface area is 172 Å². The highest BCUT2D eigenvalue weighted by Crippen LogP contribution is 2.44. The number of aliphatic hydroxyl groups is 1. The summed E-state index contributed by atoms with van der Waals surface area (Å²) in [7, 11) is 0. The molecule has 0 radical (unpaired) electrons. The zero-order valence-electron chi connectivity index (χ0n) is 16.7. The van der Waals surface area contributed by atoms with Crippen LogP contribution in [0, 0.1) is 0 Å². The van der Waals surface area contributed by atoms with Crippen molar-refractivity contribution in [3.63, 3.8) is 0 Å². The van der Waals surface area contributed by atoms with Gasteiger partial charge in [-0.3, -0.25) is 9.67 Å². The molecule has 158 valence electrons. The molecule has 0 aromatic carbocycles. The molecule has 0 amide bonds. The zero-order valence-corrected chi connectivity index (χ0v) is 16.7. The molecule has 0 saturated heterocycles. The molecule has 1 saturated carbocycles. The van der Waals surface area contributed by atoms with E-state index in [1.54, 1.807) is 50.5 Å². The summed E-state index contributed by atoms with van der Waals surface area (Å²) in [5.41, 5.74) is 0.898. The minimum Gasteiger partial charge on any atom is -0.454 e. The number of rotatable bonds is 8. The quantitative estimate of drug-likeness (QED) is 0.560. The van der Waals surface area contributed by atoms with Crippen molar-refractivity contribution in [1.82, 2.24) is 19.7 Å². The Kier molecular flexibility index (Phi) is 5.38. The Hall–Kier alpha value is -3.07. The average molecular weight is 415 g/mol. The lowest BCUT2D eigenvalue weighted by Crippen LogP contribution is -2.17. The lowest BCUT2D eigenvalue weighted by atomic mass is 10.0.